The summed E-state index contributed by atoms with van der Waals surface area (Å²) < 4.78 is 0. The lowest BCUT2D eigenvalue weighted by Gasteiger charge is -2.03. The van der Waals surface area contributed by atoms with Crippen molar-refractivity contribution in [1.29, 1.82) is 0 Å². The lowest BCUT2D eigenvalue weighted by Crippen LogP contribution is -2.26. The molecule has 7 heteroatoms. The highest BCUT2D eigenvalue weighted by atomic mass is 16.3. The van der Waals surface area contributed by atoms with Crippen molar-refractivity contribution in [3.8, 4) is 5.75 Å². The molecule has 0 spiro atoms. The van der Waals surface area contributed by atoms with Crippen molar-refractivity contribution in [2.24, 2.45) is 0 Å². The second-order valence-electron chi connectivity index (χ2n) is 3.71. The maximum atomic E-state index is 11.6. The van der Waals surface area contributed by atoms with Crippen molar-refractivity contribution in [1.82, 2.24) is 20.5 Å². The zero-order valence-corrected chi connectivity index (χ0v) is 9.55. The lowest BCUT2D eigenvalue weighted by molar-refractivity contribution is 0.0944. The van der Waals surface area contributed by atoms with E-state index in [1.807, 2.05) is 0 Å². The molecule has 0 atom stereocenters. The van der Waals surface area contributed by atoms with E-state index >= 15 is 0 Å². The maximum absolute atomic E-state index is 11.6. The summed E-state index contributed by atoms with van der Waals surface area (Å²) >= 11 is 0. The summed E-state index contributed by atoms with van der Waals surface area (Å²) in [5.74, 6) is 0.00906. The number of aromatic amines is 1. The summed E-state index contributed by atoms with van der Waals surface area (Å²) in [7, 11) is 0. The lowest BCUT2D eigenvalue weighted by atomic mass is 10.1. The van der Waals surface area contributed by atoms with Gasteiger partial charge in [-0.1, -0.05) is 12.1 Å². The molecule has 1 amide bonds. The molecule has 1 aromatic heterocycles. The van der Waals surface area contributed by atoms with Gasteiger partial charge >= 0.3 is 0 Å². The molecule has 18 heavy (non-hydrogen) atoms. The summed E-state index contributed by atoms with van der Waals surface area (Å²) in [4.78, 5) is 15.3. The number of rotatable bonds is 4. The Balaban J connectivity index is 1.82. The van der Waals surface area contributed by atoms with Crippen LogP contribution in [0.3, 0.4) is 0 Å². The van der Waals surface area contributed by atoms with E-state index in [4.69, 9.17) is 10.8 Å². The van der Waals surface area contributed by atoms with Crippen LogP contribution in [0.4, 0.5) is 5.95 Å². The number of anilines is 1. The molecular weight excluding hydrogens is 234 g/mol. The predicted octanol–water partition coefficient (Wildman–Crippen LogP) is 0.0650. The number of nitrogens with zero attached hydrogens (tertiary/aromatic N) is 2. The van der Waals surface area contributed by atoms with Gasteiger partial charge in [0, 0.05) is 6.54 Å². The zero-order chi connectivity index (χ0) is 13.0. The zero-order valence-electron chi connectivity index (χ0n) is 9.55. The van der Waals surface area contributed by atoms with E-state index in [0.29, 0.717) is 13.0 Å². The molecule has 0 unspecified atom stereocenters. The molecule has 94 valence electrons. The smallest absolute Gasteiger partial charge is 0.288 e. The Kier molecular flexibility index (Phi) is 3.42. The van der Waals surface area contributed by atoms with E-state index in [2.05, 4.69) is 20.5 Å². The molecule has 2 aromatic rings. The third-order valence-electron chi connectivity index (χ3n) is 2.35. The number of nitrogen functional groups attached to an aromatic ring is 1. The second kappa shape index (κ2) is 5.17. The summed E-state index contributed by atoms with van der Waals surface area (Å²) in [6.07, 6.45) is 0.662. The van der Waals surface area contributed by atoms with Gasteiger partial charge < -0.3 is 16.2 Å². The minimum absolute atomic E-state index is 0.0404. The molecule has 0 saturated heterocycles. The predicted molar refractivity (Wildman–Crippen MR) is 64.9 cm³/mol. The molecule has 0 aliphatic heterocycles. The number of nitrogens with one attached hydrogen (secondary N) is 2. The minimum atomic E-state index is -0.349. The third-order valence-corrected chi connectivity index (χ3v) is 2.35. The highest BCUT2D eigenvalue weighted by molar-refractivity contribution is 5.90. The first kappa shape index (κ1) is 11.9. The van der Waals surface area contributed by atoms with Crippen molar-refractivity contribution in [2.45, 2.75) is 6.42 Å². The first-order valence-corrected chi connectivity index (χ1v) is 5.39. The van der Waals surface area contributed by atoms with Gasteiger partial charge in [0.15, 0.2) is 0 Å². The topological polar surface area (TPSA) is 117 Å². The molecule has 1 aromatic carbocycles. The van der Waals surface area contributed by atoms with Gasteiger partial charge in [-0.25, -0.2) is 0 Å². The van der Waals surface area contributed by atoms with E-state index in [1.165, 1.54) is 0 Å². The van der Waals surface area contributed by atoms with Crippen molar-refractivity contribution >= 4 is 11.9 Å². The number of amides is 1. The van der Waals surface area contributed by atoms with Crippen molar-refractivity contribution in [2.75, 3.05) is 12.3 Å². The van der Waals surface area contributed by atoms with Crippen LogP contribution in [0, 0.1) is 0 Å². The molecule has 0 bridgehead atoms. The van der Waals surface area contributed by atoms with Crippen molar-refractivity contribution < 1.29 is 9.90 Å². The van der Waals surface area contributed by atoms with E-state index in [-0.39, 0.29) is 23.4 Å². The van der Waals surface area contributed by atoms with Crippen LogP contribution in [0.2, 0.25) is 0 Å². The highest BCUT2D eigenvalue weighted by Gasteiger charge is 2.09. The number of aromatic nitrogens is 3. The molecule has 2 rings (SSSR count). The maximum Gasteiger partial charge on any atom is 0.288 e. The Hall–Kier alpha value is -2.57. The first-order valence-electron chi connectivity index (χ1n) is 5.39. The van der Waals surface area contributed by atoms with Crippen molar-refractivity contribution in [3.63, 3.8) is 0 Å². The standard InChI is InChI=1S/C11H13N5O2/c12-11-14-9(15-16-11)10(18)13-6-5-7-1-3-8(17)4-2-7/h1-4,17H,5-6H2,(H,13,18)(H3,12,14,15,16). The molecule has 0 aliphatic rings. The van der Waals surface area contributed by atoms with Crippen LogP contribution >= 0.6 is 0 Å². The average molecular weight is 247 g/mol. The number of H-pyrrole nitrogens is 1. The number of aromatic hydroxyl groups is 1. The van der Waals surface area contributed by atoms with Crippen LogP contribution < -0.4 is 11.1 Å². The Labute approximate surface area is 103 Å². The summed E-state index contributed by atoms with van der Waals surface area (Å²) in [6, 6.07) is 6.81. The summed E-state index contributed by atoms with van der Waals surface area (Å²) in [5, 5.41) is 17.8. The fourth-order valence-electron chi connectivity index (χ4n) is 1.44. The van der Waals surface area contributed by atoms with Crippen LogP contribution in [0.5, 0.6) is 5.75 Å². The number of nitrogens with two attached hydrogens (primary N) is 1. The molecule has 0 saturated carbocycles. The monoisotopic (exact) mass is 247 g/mol. The van der Waals surface area contributed by atoms with Crippen molar-refractivity contribution in [3.05, 3.63) is 35.7 Å². The number of carbonyl (C=O) groups is 1. The summed E-state index contributed by atoms with van der Waals surface area (Å²) in [6.45, 7) is 0.463. The number of phenolic OH excluding ortho intramolecular Hbond substituents is 1. The Morgan fingerprint density at radius 2 is 2.11 bits per heavy atom. The molecule has 0 fully saturated rings. The fraction of sp³-hybridized carbons (Fsp3) is 0.182. The van der Waals surface area contributed by atoms with Gasteiger partial charge in [-0.05, 0) is 24.1 Å². The van der Waals surface area contributed by atoms with Crippen LogP contribution in [0.1, 0.15) is 16.2 Å². The Bertz CT molecular complexity index is 535. The van der Waals surface area contributed by atoms with Crippen LogP contribution in [0.15, 0.2) is 24.3 Å². The number of carbonyl (C=O) groups excluding carboxylic acids is 1. The average Bonchev–Trinajstić information content (AvgIpc) is 2.78. The molecule has 1 heterocycles. The number of hydrogen-bond acceptors (Lipinski definition) is 5. The SMILES string of the molecule is Nc1n[nH]c(C(=O)NCCc2ccc(O)cc2)n1. The van der Waals surface area contributed by atoms with Gasteiger partial charge in [0.05, 0.1) is 0 Å². The van der Waals surface area contributed by atoms with Crippen LogP contribution in [-0.2, 0) is 6.42 Å². The molecular formula is C11H13N5O2. The third kappa shape index (κ3) is 2.97. The molecule has 0 radical (unpaired) electrons. The molecule has 7 nitrogen and oxygen atoms in total. The van der Waals surface area contributed by atoms with E-state index in [0.717, 1.165) is 5.56 Å². The van der Waals surface area contributed by atoms with E-state index in [1.54, 1.807) is 24.3 Å². The van der Waals surface area contributed by atoms with Crippen LogP contribution in [0.25, 0.3) is 0 Å². The quantitative estimate of drug-likeness (QED) is 0.609. The van der Waals surface area contributed by atoms with Gasteiger partial charge in [0.2, 0.25) is 11.8 Å². The second-order valence-corrected chi connectivity index (χ2v) is 3.71. The van der Waals surface area contributed by atoms with Crippen LogP contribution in [-0.4, -0.2) is 32.7 Å². The van der Waals surface area contributed by atoms with E-state index in [9.17, 15) is 4.79 Å². The first-order chi connectivity index (χ1) is 8.65. The minimum Gasteiger partial charge on any atom is -0.508 e. The van der Waals surface area contributed by atoms with Gasteiger partial charge in [-0.3, -0.25) is 9.89 Å². The largest absolute Gasteiger partial charge is 0.508 e. The number of phenols is 1. The molecule has 5 N–H and O–H groups in total. The van der Waals surface area contributed by atoms with Gasteiger partial charge in [-0.15, -0.1) is 5.10 Å². The fourth-order valence-corrected chi connectivity index (χ4v) is 1.44. The number of benzene rings is 1. The Morgan fingerprint density at radius 3 is 2.72 bits per heavy atom. The van der Waals surface area contributed by atoms with Gasteiger partial charge in [-0.2, -0.15) is 4.98 Å². The highest BCUT2D eigenvalue weighted by Crippen LogP contribution is 2.09. The van der Waals surface area contributed by atoms with Gasteiger partial charge in [0.25, 0.3) is 5.91 Å². The van der Waals surface area contributed by atoms with Gasteiger partial charge in [0.1, 0.15) is 5.75 Å². The van der Waals surface area contributed by atoms with E-state index < -0.39 is 0 Å². The summed E-state index contributed by atoms with van der Waals surface area (Å²) in [5.41, 5.74) is 6.31. The Morgan fingerprint density at radius 1 is 1.39 bits per heavy atom. The number of hydrogen-bond donors (Lipinski definition) is 4. The normalized spacial score (nSPS) is 10.2. The molecule has 0 aliphatic carbocycles.